The third-order valence-electron chi connectivity index (χ3n) is 3.49. The fourth-order valence-electron chi connectivity index (χ4n) is 2.58. The Bertz CT molecular complexity index is 574. The van der Waals surface area contributed by atoms with Gasteiger partial charge in [-0.3, -0.25) is 0 Å². The van der Waals surface area contributed by atoms with E-state index in [2.05, 4.69) is 29.2 Å². The van der Waals surface area contributed by atoms with E-state index in [0.29, 0.717) is 0 Å². The zero-order valence-electron chi connectivity index (χ0n) is 10.3. The molecule has 1 aromatic heterocycles. The van der Waals surface area contributed by atoms with Crippen molar-refractivity contribution in [2.24, 2.45) is 0 Å². The Morgan fingerprint density at radius 3 is 2.82 bits per heavy atom. The van der Waals surface area contributed by atoms with E-state index in [1.54, 1.807) is 14.2 Å². The SMILES string of the molecule is COc1cc2c3c(c[nH]c3c1OC)CCN2C. The van der Waals surface area contributed by atoms with E-state index in [9.17, 15) is 0 Å². The Labute approximate surface area is 100 Å². The number of methoxy groups -OCH3 is 2. The number of ether oxygens (including phenoxy) is 2. The van der Waals surface area contributed by atoms with Crippen LogP contribution < -0.4 is 14.4 Å². The monoisotopic (exact) mass is 232 g/mol. The minimum Gasteiger partial charge on any atom is -0.493 e. The fraction of sp³-hybridized carbons (Fsp3) is 0.385. The molecular weight excluding hydrogens is 216 g/mol. The first-order valence-electron chi connectivity index (χ1n) is 5.72. The highest BCUT2D eigenvalue weighted by molar-refractivity contribution is 6.01. The quantitative estimate of drug-likeness (QED) is 0.862. The first-order chi connectivity index (χ1) is 8.26. The highest BCUT2D eigenvalue weighted by Crippen LogP contribution is 2.44. The third kappa shape index (κ3) is 1.30. The van der Waals surface area contributed by atoms with Gasteiger partial charge in [0.25, 0.3) is 0 Å². The van der Waals surface area contributed by atoms with Crippen LogP contribution in [0.5, 0.6) is 11.5 Å². The largest absolute Gasteiger partial charge is 0.493 e. The summed E-state index contributed by atoms with van der Waals surface area (Å²) < 4.78 is 10.8. The van der Waals surface area contributed by atoms with E-state index in [1.807, 2.05) is 0 Å². The molecule has 2 heterocycles. The van der Waals surface area contributed by atoms with Gasteiger partial charge in [-0.15, -0.1) is 0 Å². The minimum absolute atomic E-state index is 0.775. The second-order valence-electron chi connectivity index (χ2n) is 4.37. The predicted octanol–water partition coefficient (Wildman–Crippen LogP) is 2.18. The summed E-state index contributed by atoms with van der Waals surface area (Å²) in [6.45, 7) is 1.04. The van der Waals surface area contributed by atoms with Crippen molar-refractivity contribution in [3.63, 3.8) is 0 Å². The molecule has 0 aliphatic carbocycles. The second-order valence-corrected chi connectivity index (χ2v) is 4.37. The van der Waals surface area contributed by atoms with Gasteiger partial charge in [-0.1, -0.05) is 0 Å². The Hall–Kier alpha value is -1.84. The van der Waals surface area contributed by atoms with Gasteiger partial charge in [0.15, 0.2) is 11.5 Å². The lowest BCUT2D eigenvalue weighted by Crippen LogP contribution is -2.23. The summed E-state index contributed by atoms with van der Waals surface area (Å²) in [5, 5.41) is 1.26. The zero-order chi connectivity index (χ0) is 12.0. The zero-order valence-corrected chi connectivity index (χ0v) is 10.3. The van der Waals surface area contributed by atoms with Gasteiger partial charge in [0.2, 0.25) is 0 Å². The first-order valence-corrected chi connectivity index (χ1v) is 5.72. The Balaban J connectivity index is 2.40. The molecule has 0 saturated carbocycles. The molecule has 0 radical (unpaired) electrons. The average molecular weight is 232 g/mol. The average Bonchev–Trinajstić information content (AvgIpc) is 2.78. The number of nitrogens with one attached hydrogen (secondary N) is 1. The maximum atomic E-state index is 5.45. The fourth-order valence-corrected chi connectivity index (χ4v) is 2.58. The lowest BCUT2D eigenvalue weighted by molar-refractivity contribution is 0.358. The number of aromatic amines is 1. The van der Waals surface area contributed by atoms with Gasteiger partial charge in [-0.25, -0.2) is 0 Å². The van der Waals surface area contributed by atoms with Gasteiger partial charge in [-0.2, -0.15) is 0 Å². The molecule has 90 valence electrons. The van der Waals surface area contributed by atoms with E-state index in [-0.39, 0.29) is 0 Å². The number of nitrogens with zero attached hydrogens (tertiary/aromatic N) is 1. The maximum Gasteiger partial charge on any atom is 0.185 e. The Morgan fingerprint density at radius 2 is 2.12 bits per heavy atom. The number of anilines is 1. The number of rotatable bonds is 2. The highest BCUT2D eigenvalue weighted by Gasteiger charge is 2.22. The molecule has 2 aromatic rings. The summed E-state index contributed by atoms with van der Waals surface area (Å²) in [7, 11) is 5.45. The number of likely N-dealkylation sites (N-methyl/N-ethyl adjacent to an activating group) is 1. The summed E-state index contributed by atoms with van der Waals surface area (Å²) in [5.74, 6) is 1.56. The van der Waals surface area contributed by atoms with Crippen LogP contribution in [0.4, 0.5) is 5.69 Å². The molecule has 4 nitrogen and oxygen atoms in total. The second kappa shape index (κ2) is 3.58. The molecule has 17 heavy (non-hydrogen) atoms. The van der Waals surface area contributed by atoms with Gasteiger partial charge in [0.1, 0.15) is 0 Å². The minimum atomic E-state index is 0.775. The number of hydrogen-bond acceptors (Lipinski definition) is 3. The van der Waals surface area contributed by atoms with Crippen molar-refractivity contribution in [1.29, 1.82) is 0 Å². The molecule has 3 rings (SSSR count). The van der Waals surface area contributed by atoms with E-state index in [4.69, 9.17) is 9.47 Å². The van der Waals surface area contributed by atoms with Crippen LogP contribution in [0.25, 0.3) is 10.9 Å². The summed E-state index contributed by atoms with van der Waals surface area (Å²) in [4.78, 5) is 5.56. The molecule has 1 aliphatic rings. The molecule has 4 heteroatoms. The first kappa shape index (κ1) is 10.3. The van der Waals surface area contributed by atoms with Crippen molar-refractivity contribution in [1.82, 2.24) is 4.98 Å². The topological polar surface area (TPSA) is 37.5 Å². The van der Waals surface area contributed by atoms with Crippen molar-refractivity contribution in [2.75, 3.05) is 32.7 Å². The van der Waals surface area contributed by atoms with Crippen molar-refractivity contribution in [3.05, 3.63) is 17.8 Å². The smallest absolute Gasteiger partial charge is 0.185 e. The molecule has 0 fully saturated rings. The molecule has 0 atom stereocenters. The summed E-state index contributed by atoms with van der Waals surface area (Å²) >= 11 is 0. The van der Waals surface area contributed by atoms with Crippen LogP contribution in [0.3, 0.4) is 0 Å². The number of hydrogen-bond donors (Lipinski definition) is 1. The van der Waals surface area contributed by atoms with E-state index in [0.717, 1.165) is 30.0 Å². The van der Waals surface area contributed by atoms with Gasteiger partial charge in [-0.05, 0) is 12.0 Å². The van der Waals surface area contributed by atoms with E-state index < -0.39 is 0 Å². The normalized spacial score (nSPS) is 14.2. The van der Waals surface area contributed by atoms with Gasteiger partial charge < -0.3 is 19.4 Å². The molecule has 1 aromatic carbocycles. The molecule has 1 N–H and O–H groups in total. The molecule has 0 spiro atoms. The lowest BCUT2D eigenvalue weighted by Gasteiger charge is -2.26. The predicted molar refractivity (Wildman–Crippen MR) is 68.4 cm³/mol. The Morgan fingerprint density at radius 1 is 1.29 bits per heavy atom. The van der Waals surface area contributed by atoms with Crippen LogP contribution in [0.2, 0.25) is 0 Å². The standard InChI is InChI=1S/C13H16N2O2/c1-15-5-4-8-7-14-12-11(8)9(15)6-10(16-2)13(12)17-3/h6-7,14H,4-5H2,1-3H3. The molecule has 1 aliphatic heterocycles. The van der Waals surface area contributed by atoms with Gasteiger partial charge in [0.05, 0.1) is 25.4 Å². The highest BCUT2D eigenvalue weighted by atomic mass is 16.5. The van der Waals surface area contributed by atoms with Gasteiger partial charge >= 0.3 is 0 Å². The molecule has 0 unspecified atom stereocenters. The maximum absolute atomic E-state index is 5.45. The molecule has 0 bridgehead atoms. The summed E-state index contributed by atoms with van der Waals surface area (Å²) in [6.07, 6.45) is 3.14. The summed E-state index contributed by atoms with van der Waals surface area (Å²) in [6, 6.07) is 2.05. The molecular formula is C13H16N2O2. The van der Waals surface area contributed by atoms with Crippen molar-refractivity contribution >= 4 is 16.6 Å². The van der Waals surface area contributed by atoms with E-state index in [1.165, 1.54) is 16.6 Å². The lowest BCUT2D eigenvalue weighted by atomic mass is 10.0. The molecule has 0 saturated heterocycles. The van der Waals surface area contributed by atoms with Crippen LogP contribution in [-0.4, -0.2) is 32.8 Å². The van der Waals surface area contributed by atoms with Crippen molar-refractivity contribution in [2.45, 2.75) is 6.42 Å². The van der Waals surface area contributed by atoms with Crippen molar-refractivity contribution < 1.29 is 9.47 Å². The molecule has 0 amide bonds. The van der Waals surface area contributed by atoms with Crippen LogP contribution in [-0.2, 0) is 6.42 Å². The van der Waals surface area contributed by atoms with E-state index >= 15 is 0 Å². The summed E-state index contributed by atoms with van der Waals surface area (Å²) in [5.41, 5.74) is 3.60. The van der Waals surface area contributed by atoms with Crippen LogP contribution in [0.15, 0.2) is 12.3 Å². The van der Waals surface area contributed by atoms with Crippen LogP contribution in [0.1, 0.15) is 5.56 Å². The third-order valence-corrected chi connectivity index (χ3v) is 3.49. The van der Waals surface area contributed by atoms with Crippen LogP contribution >= 0.6 is 0 Å². The number of H-pyrrole nitrogens is 1. The van der Waals surface area contributed by atoms with Crippen molar-refractivity contribution in [3.8, 4) is 11.5 Å². The number of benzene rings is 1. The Kier molecular flexibility index (Phi) is 2.18. The van der Waals surface area contributed by atoms with Gasteiger partial charge in [0, 0.05) is 31.2 Å². The number of aromatic nitrogens is 1. The van der Waals surface area contributed by atoms with Crippen LogP contribution in [0, 0.1) is 0 Å².